The number of methoxy groups -OCH3 is 1. The highest BCUT2D eigenvalue weighted by Crippen LogP contribution is 2.25. The monoisotopic (exact) mass is 469 g/mol. The van der Waals surface area contributed by atoms with Gasteiger partial charge in [0.05, 0.1) is 13.7 Å². The predicted molar refractivity (Wildman–Crippen MR) is 130 cm³/mol. The minimum atomic E-state index is -1.09. The molecule has 0 saturated carbocycles. The Morgan fingerprint density at radius 3 is 2.39 bits per heavy atom. The molecule has 0 radical (unpaired) electrons. The van der Waals surface area contributed by atoms with E-state index in [1.165, 1.54) is 5.56 Å². The van der Waals surface area contributed by atoms with Crippen molar-refractivity contribution in [3.8, 4) is 11.5 Å². The van der Waals surface area contributed by atoms with Crippen molar-refractivity contribution in [3.05, 3.63) is 53.6 Å². The highest BCUT2D eigenvalue weighted by atomic mass is 35.5. The summed E-state index contributed by atoms with van der Waals surface area (Å²) in [5, 5.41) is 3.59. The summed E-state index contributed by atoms with van der Waals surface area (Å²) in [6, 6.07) is 14.6. The lowest BCUT2D eigenvalue weighted by Gasteiger charge is -2.15. The van der Waals surface area contributed by atoms with Crippen molar-refractivity contribution in [2.24, 2.45) is 0 Å². The zero-order chi connectivity index (χ0) is 21.8. The highest BCUT2D eigenvalue weighted by molar-refractivity contribution is 7.90. The minimum Gasteiger partial charge on any atom is -0.612 e. The summed E-state index contributed by atoms with van der Waals surface area (Å²) >= 11 is -1.09. The maximum atomic E-state index is 12.1. The first-order chi connectivity index (χ1) is 14.5. The van der Waals surface area contributed by atoms with Crippen LogP contribution in [-0.2, 0) is 28.8 Å². The first kappa shape index (κ1) is 27.6. The average molecular weight is 470 g/mol. The molecule has 2 aromatic rings. The summed E-state index contributed by atoms with van der Waals surface area (Å²) in [5.74, 6) is 1.57. The summed E-state index contributed by atoms with van der Waals surface area (Å²) in [7, 11) is 1.69. The van der Waals surface area contributed by atoms with E-state index >= 15 is 0 Å². The van der Waals surface area contributed by atoms with Gasteiger partial charge in [-0.15, -0.1) is 12.4 Å². The fourth-order valence-electron chi connectivity index (χ4n) is 3.15. The number of halogens is 1. The van der Waals surface area contributed by atoms with Gasteiger partial charge in [-0.1, -0.05) is 18.2 Å². The molecule has 0 amide bonds. The first-order valence-corrected chi connectivity index (χ1v) is 12.1. The molecule has 0 fully saturated rings. The molecular formula is C24H36ClNO4S. The van der Waals surface area contributed by atoms with Gasteiger partial charge in [-0.25, -0.2) is 0 Å². The Balaban J connectivity index is 0.00000480. The van der Waals surface area contributed by atoms with Gasteiger partial charge in [-0.2, -0.15) is 0 Å². The molecular weight excluding hydrogens is 434 g/mol. The lowest BCUT2D eigenvalue weighted by Crippen LogP contribution is -2.28. The maximum Gasteiger partial charge on any atom is 0.194 e. The van der Waals surface area contributed by atoms with E-state index in [1.807, 2.05) is 31.2 Å². The van der Waals surface area contributed by atoms with Gasteiger partial charge in [-0.3, -0.25) is 0 Å². The zero-order valence-electron chi connectivity index (χ0n) is 19.0. The molecule has 0 saturated heterocycles. The summed E-state index contributed by atoms with van der Waals surface area (Å²) in [6.07, 6.45) is 4.68. The second-order valence-electron chi connectivity index (χ2n) is 7.27. The van der Waals surface area contributed by atoms with Crippen molar-refractivity contribution in [1.29, 1.82) is 0 Å². The van der Waals surface area contributed by atoms with Gasteiger partial charge in [-0.05, 0) is 80.2 Å². The van der Waals surface area contributed by atoms with Crippen LogP contribution in [-0.4, -0.2) is 50.3 Å². The van der Waals surface area contributed by atoms with E-state index in [-0.39, 0.29) is 12.4 Å². The molecule has 0 aliphatic carbocycles. The number of nitrogens with one attached hydrogen (secondary N) is 1. The Hall–Kier alpha value is -1.44. The number of ether oxygens (including phenoxy) is 3. The van der Waals surface area contributed by atoms with E-state index in [0.29, 0.717) is 31.6 Å². The molecule has 0 aliphatic heterocycles. The van der Waals surface area contributed by atoms with Crippen LogP contribution in [0.15, 0.2) is 47.4 Å². The summed E-state index contributed by atoms with van der Waals surface area (Å²) < 4.78 is 28.4. The van der Waals surface area contributed by atoms with Gasteiger partial charge in [0.25, 0.3) is 0 Å². The molecule has 2 atom stereocenters. The Morgan fingerprint density at radius 1 is 1.03 bits per heavy atom. The van der Waals surface area contributed by atoms with Crippen LogP contribution >= 0.6 is 12.4 Å². The third-order valence-corrected chi connectivity index (χ3v) is 5.88. The first-order valence-electron chi connectivity index (χ1n) is 10.6. The van der Waals surface area contributed by atoms with Crippen molar-refractivity contribution < 1.29 is 18.8 Å². The maximum absolute atomic E-state index is 12.1. The molecule has 5 nitrogen and oxygen atoms in total. The van der Waals surface area contributed by atoms with Gasteiger partial charge in [0.1, 0.15) is 18.6 Å². The molecule has 0 spiro atoms. The summed E-state index contributed by atoms with van der Waals surface area (Å²) in [4.78, 5) is 0.747. The third-order valence-electron chi connectivity index (χ3n) is 4.94. The van der Waals surface area contributed by atoms with Crippen molar-refractivity contribution >= 4 is 23.6 Å². The van der Waals surface area contributed by atoms with Gasteiger partial charge >= 0.3 is 0 Å². The number of aryl methyl sites for hydroxylation is 1. The van der Waals surface area contributed by atoms with E-state index in [1.54, 1.807) is 13.4 Å². The van der Waals surface area contributed by atoms with Gasteiger partial charge in [0, 0.05) is 18.7 Å². The van der Waals surface area contributed by atoms with E-state index < -0.39 is 11.2 Å². The molecule has 1 N–H and O–H groups in total. The topological polar surface area (TPSA) is 62.8 Å². The molecule has 2 unspecified atom stereocenters. The van der Waals surface area contributed by atoms with Gasteiger partial charge in [0.15, 0.2) is 10.6 Å². The van der Waals surface area contributed by atoms with Crippen LogP contribution < -0.4 is 14.8 Å². The Labute approximate surface area is 196 Å². The summed E-state index contributed by atoms with van der Waals surface area (Å²) in [6.45, 7) is 6.71. The van der Waals surface area contributed by atoms with E-state index in [4.69, 9.17) is 14.2 Å². The molecule has 2 aromatic carbocycles. The quantitative estimate of drug-likeness (QED) is 0.327. The number of hydrogen-bond donors (Lipinski definition) is 1. The van der Waals surface area contributed by atoms with Crippen LogP contribution in [0.25, 0.3) is 0 Å². The molecule has 0 bridgehead atoms. The smallest absolute Gasteiger partial charge is 0.194 e. The largest absolute Gasteiger partial charge is 0.612 e. The predicted octanol–water partition coefficient (Wildman–Crippen LogP) is 4.42. The normalized spacial score (nSPS) is 12.7. The standard InChI is InChI=1S/C24H35NO4S.ClH/c1-5-28-16-17-29-23-13-10-21(18-24(23)30(4)26)14-15-25-19(2)6-7-20-8-11-22(27-3)12-9-20;/h8-13,18-19,25H,5-7,14-17H2,1-4H3;1H. The molecule has 0 heterocycles. The van der Waals surface area contributed by atoms with Crippen LogP contribution in [0.2, 0.25) is 0 Å². The Bertz CT molecular complexity index is 743. The van der Waals surface area contributed by atoms with Crippen LogP contribution in [0.4, 0.5) is 0 Å². The van der Waals surface area contributed by atoms with Crippen molar-refractivity contribution in [3.63, 3.8) is 0 Å². The second-order valence-corrected chi connectivity index (χ2v) is 8.62. The highest BCUT2D eigenvalue weighted by Gasteiger charge is 2.14. The van der Waals surface area contributed by atoms with Crippen LogP contribution in [0.5, 0.6) is 11.5 Å². The SMILES string of the molecule is CCOCCOc1ccc(CCNC(C)CCc2ccc(OC)cc2)cc1[S+](C)[O-].Cl. The molecule has 0 aliphatic rings. The number of benzene rings is 2. The van der Waals surface area contributed by atoms with Gasteiger partial charge in [0.2, 0.25) is 0 Å². The summed E-state index contributed by atoms with van der Waals surface area (Å²) in [5.41, 5.74) is 2.48. The number of rotatable bonds is 14. The second kappa shape index (κ2) is 15.4. The van der Waals surface area contributed by atoms with Gasteiger partial charge < -0.3 is 24.1 Å². The number of hydrogen-bond acceptors (Lipinski definition) is 5. The lowest BCUT2D eigenvalue weighted by molar-refractivity contribution is 0.109. The third kappa shape index (κ3) is 10.1. The fourth-order valence-corrected chi connectivity index (χ4v) is 3.87. The minimum absolute atomic E-state index is 0. The van der Waals surface area contributed by atoms with Crippen LogP contribution in [0, 0.1) is 0 Å². The lowest BCUT2D eigenvalue weighted by atomic mass is 10.1. The van der Waals surface area contributed by atoms with E-state index in [9.17, 15) is 4.55 Å². The van der Waals surface area contributed by atoms with Crippen molar-refractivity contribution in [2.75, 3.05) is 39.7 Å². The van der Waals surface area contributed by atoms with Crippen LogP contribution in [0.3, 0.4) is 0 Å². The molecule has 2 rings (SSSR count). The van der Waals surface area contributed by atoms with Crippen molar-refractivity contribution in [2.45, 2.75) is 44.0 Å². The Kier molecular flexibility index (Phi) is 13.7. The average Bonchev–Trinajstić information content (AvgIpc) is 2.76. The molecule has 7 heteroatoms. The van der Waals surface area contributed by atoms with E-state index in [2.05, 4.69) is 30.4 Å². The van der Waals surface area contributed by atoms with Crippen molar-refractivity contribution in [1.82, 2.24) is 5.32 Å². The Morgan fingerprint density at radius 2 is 1.74 bits per heavy atom. The molecule has 0 aromatic heterocycles. The van der Waals surface area contributed by atoms with E-state index in [0.717, 1.165) is 42.0 Å². The zero-order valence-corrected chi connectivity index (χ0v) is 20.7. The van der Waals surface area contributed by atoms with Crippen LogP contribution in [0.1, 0.15) is 31.4 Å². The molecule has 174 valence electrons. The fraction of sp³-hybridized carbons (Fsp3) is 0.500. The molecule has 31 heavy (non-hydrogen) atoms.